The Bertz CT molecular complexity index is 1030. The van der Waals surface area contributed by atoms with Gasteiger partial charge in [-0.1, -0.05) is 28.8 Å². The molecule has 0 saturated heterocycles. The summed E-state index contributed by atoms with van der Waals surface area (Å²) in [4.78, 5) is 13.1. The number of anilines is 2. The number of carbonyl (C=O) groups excluding carboxylic acids is 1. The van der Waals surface area contributed by atoms with E-state index in [1.54, 1.807) is 55.5 Å². The molecule has 1 aromatic heterocycles. The first-order valence-electron chi connectivity index (χ1n) is 8.14. The molecule has 1 aliphatic rings. The Morgan fingerprint density at radius 1 is 1.19 bits per heavy atom. The van der Waals surface area contributed by atoms with Gasteiger partial charge in [-0.3, -0.25) is 4.79 Å². The van der Waals surface area contributed by atoms with Crippen LogP contribution < -0.4 is 10.6 Å². The summed E-state index contributed by atoms with van der Waals surface area (Å²) >= 11 is 5.90. The maximum absolute atomic E-state index is 13.1. The lowest BCUT2D eigenvalue weighted by Gasteiger charge is -2.28. The minimum Gasteiger partial charge on any atom is -0.508 e. The van der Waals surface area contributed by atoms with Crippen LogP contribution in [0.4, 0.5) is 11.6 Å². The van der Waals surface area contributed by atoms with E-state index in [4.69, 9.17) is 11.6 Å². The predicted molar refractivity (Wildman–Crippen MR) is 100 cm³/mol. The maximum atomic E-state index is 13.1. The Labute approximate surface area is 159 Å². The molecule has 1 aliphatic heterocycles. The maximum Gasteiger partial charge on any atom is 0.255 e. The molecule has 0 aliphatic carbocycles. The predicted octanol–water partition coefficient (Wildman–Crippen LogP) is 2.96. The highest BCUT2D eigenvalue weighted by atomic mass is 35.5. The number of aromatic hydroxyl groups is 1. The monoisotopic (exact) mass is 382 g/mol. The van der Waals surface area contributed by atoms with Crippen LogP contribution in [0.15, 0.2) is 59.8 Å². The van der Waals surface area contributed by atoms with E-state index in [0.717, 1.165) is 5.56 Å². The van der Waals surface area contributed by atoms with Gasteiger partial charge in [0, 0.05) is 16.4 Å². The van der Waals surface area contributed by atoms with Gasteiger partial charge in [0.15, 0.2) is 0 Å². The number of benzene rings is 2. The summed E-state index contributed by atoms with van der Waals surface area (Å²) < 4.78 is 1.54. The summed E-state index contributed by atoms with van der Waals surface area (Å²) in [5, 5.41) is 27.8. The van der Waals surface area contributed by atoms with Crippen molar-refractivity contribution in [3.05, 3.63) is 70.4 Å². The standard InChI is InChI=1S/C18H15ClN6O2/c1-10-15(17(27)21-13-6-4-12(19)5-7-13)16(11-2-8-14(26)9-3-11)25-18(20-10)22-23-24-25/h2-9,16,26H,1H3,(H,21,27)(H,20,22,24)/t16-/m1/s1. The molecule has 0 spiro atoms. The zero-order valence-corrected chi connectivity index (χ0v) is 15.0. The lowest BCUT2D eigenvalue weighted by atomic mass is 9.95. The summed E-state index contributed by atoms with van der Waals surface area (Å²) in [6.45, 7) is 1.79. The Morgan fingerprint density at radius 3 is 2.59 bits per heavy atom. The van der Waals surface area contributed by atoms with Gasteiger partial charge in [-0.2, -0.15) is 4.68 Å². The summed E-state index contributed by atoms with van der Waals surface area (Å²) in [7, 11) is 0. The molecule has 3 aromatic rings. The first kappa shape index (κ1) is 17.0. The average molecular weight is 383 g/mol. The summed E-state index contributed by atoms with van der Waals surface area (Å²) in [5.74, 6) is 0.285. The SMILES string of the molecule is CC1=C(C(=O)Nc2ccc(Cl)cc2)[C@@H](c2ccc(O)cc2)n2nnnc2N1. The van der Waals surface area contributed by atoms with Gasteiger partial charge < -0.3 is 15.7 Å². The van der Waals surface area contributed by atoms with Crippen molar-refractivity contribution in [2.75, 3.05) is 10.6 Å². The van der Waals surface area contributed by atoms with Crippen LogP contribution >= 0.6 is 11.6 Å². The topological polar surface area (TPSA) is 105 Å². The summed E-state index contributed by atoms with van der Waals surface area (Å²) in [6, 6.07) is 12.9. The molecule has 4 rings (SSSR count). The largest absolute Gasteiger partial charge is 0.508 e. The van der Waals surface area contributed by atoms with Crippen LogP contribution in [0.2, 0.25) is 5.02 Å². The van der Waals surface area contributed by atoms with Crippen molar-refractivity contribution in [3.8, 4) is 5.75 Å². The van der Waals surface area contributed by atoms with E-state index < -0.39 is 6.04 Å². The van der Waals surface area contributed by atoms with Crippen molar-refractivity contribution in [1.82, 2.24) is 20.2 Å². The molecular formula is C18H15ClN6O2. The lowest BCUT2D eigenvalue weighted by molar-refractivity contribution is -0.113. The summed E-state index contributed by atoms with van der Waals surface area (Å²) in [6.07, 6.45) is 0. The third-order valence-electron chi connectivity index (χ3n) is 4.27. The van der Waals surface area contributed by atoms with E-state index in [1.165, 1.54) is 4.68 Å². The molecule has 1 amide bonds. The molecule has 136 valence electrons. The quantitative estimate of drug-likeness (QED) is 0.643. The third-order valence-corrected chi connectivity index (χ3v) is 4.52. The van der Waals surface area contributed by atoms with Crippen LogP contribution in [-0.2, 0) is 4.79 Å². The Morgan fingerprint density at radius 2 is 1.89 bits per heavy atom. The molecule has 3 N–H and O–H groups in total. The van der Waals surface area contributed by atoms with Gasteiger partial charge in [0.05, 0.1) is 5.57 Å². The molecule has 2 aromatic carbocycles. The molecule has 9 heteroatoms. The number of amides is 1. The molecule has 1 atom stereocenters. The Balaban J connectivity index is 1.74. The second-order valence-corrected chi connectivity index (χ2v) is 6.50. The smallest absolute Gasteiger partial charge is 0.255 e. The van der Waals surface area contributed by atoms with Crippen LogP contribution in [0.25, 0.3) is 0 Å². The van der Waals surface area contributed by atoms with Crippen molar-refractivity contribution in [1.29, 1.82) is 0 Å². The second-order valence-electron chi connectivity index (χ2n) is 6.07. The van der Waals surface area contributed by atoms with Crippen molar-refractivity contribution >= 4 is 29.1 Å². The number of hydrogen-bond donors (Lipinski definition) is 3. The van der Waals surface area contributed by atoms with E-state index in [1.807, 2.05) is 0 Å². The van der Waals surface area contributed by atoms with Gasteiger partial charge in [0.25, 0.3) is 5.91 Å². The van der Waals surface area contributed by atoms with Gasteiger partial charge in [0.2, 0.25) is 5.95 Å². The van der Waals surface area contributed by atoms with Crippen molar-refractivity contribution in [2.24, 2.45) is 0 Å². The van der Waals surface area contributed by atoms with Gasteiger partial charge in [0.1, 0.15) is 11.8 Å². The molecule has 8 nitrogen and oxygen atoms in total. The number of phenols is 1. The number of rotatable bonds is 3. The number of phenolic OH excluding ortho intramolecular Hbond substituents is 1. The number of tetrazole rings is 1. The molecule has 0 fully saturated rings. The number of nitrogens with one attached hydrogen (secondary N) is 2. The minimum absolute atomic E-state index is 0.137. The van der Waals surface area contributed by atoms with E-state index in [2.05, 4.69) is 26.2 Å². The lowest BCUT2D eigenvalue weighted by Crippen LogP contribution is -2.31. The zero-order chi connectivity index (χ0) is 19.0. The summed E-state index contributed by atoms with van der Waals surface area (Å²) in [5.41, 5.74) is 2.50. The highest BCUT2D eigenvalue weighted by molar-refractivity contribution is 6.30. The zero-order valence-electron chi connectivity index (χ0n) is 14.2. The van der Waals surface area contributed by atoms with E-state index in [-0.39, 0.29) is 11.7 Å². The number of allylic oxidation sites excluding steroid dienone is 1. The molecule has 0 radical (unpaired) electrons. The molecule has 0 saturated carbocycles. The normalized spacial score (nSPS) is 15.9. The van der Waals surface area contributed by atoms with Crippen LogP contribution in [0.5, 0.6) is 5.75 Å². The Kier molecular flexibility index (Phi) is 4.25. The van der Waals surface area contributed by atoms with Crippen LogP contribution in [0, 0.1) is 0 Å². The number of nitrogens with zero attached hydrogens (tertiary/aromatic N) is 4. The number of carbonyl (C=O) groups is 1. The van der Waals surface area contributed by atoms with E-state index >= 15 is 0 Å². The van der Waals surface area contributed by atoms with Crippen molar-refractivity contribution in [2.45, 2.75) is 13.0 Å². The first-order chi connectivity index (χ1) is 13.0. The van der Waals surface area contributed by atoms with Gasteiger partial charge in [-0.25, -0.2) is 0 Å². The second kappa shape index (κ2) is 6.73. The average Bonchev–Trinajstić information content (AvgIpc) is 3.11. The molecule has 2 heterocycles. The highest BCUT2D eigenvalue weighted by Crippen LogP contribution is 2.35. The fourth-order valence-corrected chi connectivity index (χ4v) is 3.13. The van der Waals surface area contributed by atoms with Crippen molar-refractivity contribution < 1.29 is 9.90 Å². The first-order valence-corrected chi connectivity index (χ1v) is 8.52. The highest BCUT2D eigenvalue weighted by Gasteiger charge is 2.34. The number of halogens is 1. The van der Waals surface area contributed by atoms with Crippen molar-refractivity contribution in [3.63, 3.8) is 0 Å². The molecule has 27 heavy (non-hydrogen) atoms. The number of hydrogen-bond acceptors (Lipinski definition) is 6. The third kappa shape index (κ3) is 3.22. The van der Waals surface area contributed by atoms with Crippen LogP contribution in [-0.4, -0.2) is 31.2 Å². The van der Waals surface area contributed by atoms with Crippen LogP contribution in [0.3, 0.4) is 0 Å². The minimum atomic E-state index is -0.538. The van der Waals surface area contributed by atoms with E-state index in [9.17, 15) is 9.90 Å². The van der Waals surface area contributed by atoms with Crippen LogP contribution in [0.1, 0.15) is 18.5 Å². The fourth-order valence-electron chi connectivity index (χ4n) is 3.00. The molecule has 0 bridgehead atoms. The Hall–Kier alpha value is -3.39. The van der Waals surface area contributed by atoms with E-state index in [0.29, 0.717) is 27.9 Å². The molecular weight excluding hydrogens is 368 g/mol. The fraction of sp³-hybridized carbons (Fsp3) is 0.111. The number of fused-ring (bicyclic) bond motifs is 1. The van der Waals surface area contributed by atoms with Gasteiger partial charge >= 0.3 is 0 Å². The molecule has 0 unspecified atom stereocenters. The van der Waals surface area contributed by atoms with Gasteiger partial charge in [-0.05, 0) is 59.3 Å². The number of aromatic nitrogens is 4. The van der Waals surface area contributed by atoms with Gasteiger partial charge in [-0.15, -0.1) is 0 Å².